The molecule has 2 heterocycles. The summed E-state index contributed by atoms with van der Waals surface area (Å²) >= 11 is 1.81. The van der Waals surface area contributed by atoms with E-state index in [4.69, 9.17) is 4.98 Å². The average Bonchev–Trinajstić information content (AvgIpc) is 2.88. The van der Waals surface area contributed by atoms with Crippen LogP contribution in [0, 0.1) is 0 Å². The number of piperidine rings is 1. The van der Waals surface area contributed by atoms with E-state index in [0.29, 0.717) is 0 Å². The molecule has 122 valence electrons. The van der Waals surface area contributed by atoms with Crippen LogP contribution in [0.3, 0.4) is 0 Å². The number of aromatic nitrogens is 1. The standard InChI is InChI=1S/C16H29N3S.ClH/c1-5-10-19(14-6-8-17-9-7-14)11-13-12-20-15(18-13)16(2,3)4;/h12,14,17H,5-11H2,1-4H3;1H. The number of thiazole rings is 1. The Hall–Kier alpha value is -0.160. The van der Waals surface area contributed by atoms with Crippen molar-refractivity contribution in [3.05, 3.63) is 16.1 Å². The van der Waals surface area contributed by atoms with Gasteiger partial charge in [0.1, 0.15) is 0 Å². The van der Waals surface area contributed by atoms with Gasteiger partial charge < -0.3 is 5.32 Å². The Morgan fingerprint density at radius 3 is 2.52 bits per heavy atom. The number of hydrogen-bond donors (Lipinski definition) is 1. The summed E-state index contributed by atoms with van der Waals surface area (Å²) < 4.78 is 0. The van der Waals surface area contributed by atoms with Crippen LogP contribution in [-0.2, 0) is 12.0 Å². The topological polar surface area (TPSA) is 28.2 Å². The van der Waals surface area contributed by atoms with E-state index in [2.05, 4.69) is 43.3 Å². The lowest BCUT2D eigenvalue weighted by atomic mass is 9.98. The monoisotopic (exact) mass is 331 g/mol. The third kappa shape index (κ3) is 5.51. The van der Waals surface area contributed by atoms with E-state index < -0.39 is 0 Å². The predicted molar refractivity (Wildman–Crippen MR) is 94.7 cm³/mol. The molecule has 0 atom stereocenters. The van der Waals surface area contributed by atoms with Gasteiger partial charge in [-0.1, -0.05) is 27.7 Å². The fourth-order valence-electron chi connectivity index (χ4n) is 2.78. The normalized spacial score (nSPS) is 17.0. The Labute approximate surface area is 139 Å². The van der Waals surface area contributed by atoms with Gasteiger partial charge in [0.25, 0.3) is 0 Å². The van der Waals surface area contributed by atoms with Crippen molar-refractivity contribution in [1.82, 2.24) is 15.2 Å². The van der Waals surface area contributed by atoms with Crippen molar-refractivity contribution in [1.29, 1.82) is 0 Å². The number of nitrogens with zero attached hydrogens (tertiary/aromatic N) is 2. The number of hydrogen-bond acceptors (Lipinski definition) is 4. The van der Waals surface area contributed by atoms with Crippen molar-refractivity contribution in [3.8, 4) is 0 Å². The molecular weight excluding hydrogens is 302 g/mol. The highest BCUT2D eigenvalue weighted by atomic mass is 35.5. The lowest BCUT2D eigenvalue weighted by Gasteiger charge is -2.34. The Morgan fingerprint density at radius 1 is 1.33 bits per heavy atom. The van der Waals surface area contributed by atoms with Crippen LogP contribution in [0.1, 0.15) is 57.7 Å². The fraction of sp³-hybridized carbons (Fsp3) is 0.812. The van der Waals surface area contributed by atoms with Crippen LogP contribution < -0.4 is 5.32 Å². The van der Waals surface area contributed by atoms with Crippen LogP contribution >= 0.6 is 23.7 Å². The number of rotatable bonds is 5. The minimum atomic E-state index is 0. The molecule has 1 aliphatic rings. The molecule has 1 N–H and O–H groups in total. The first-order valence-corrected chi connectivity index (χ1v) is 8.78. The molecule has 0 radical (unpaired) electrons. The minimum Gasteiger partial charge on any atom is -0.317 e. The van der Waals surface area contributed by atoms with E-state index in [1.54, 1.807) is 0 Å². The van der Waals surface area contributed by atoms with Crippen LogP contribution in [0.5, 0.6) is 0 Å². The molecule has 0 unspecified atom stereocenters. The van der Waals surface area contributed by atoms with Crippen molar-refractivity contribution in [2.24, 2.45) is 0 Å². The van der Waals surface area contributed by atoms with E-state index in [1.165, 1.54) is 36.5 Å². The average molecular weight is 332 g/mol. The SMILES string of the molecule is CCCN(Cc1csc(C(C)(C)C)n1)C1CCNCC1.Cl. The highest BCUT2D eigenvalue weighted by Crippen LogP contribution is 2.26. The Morgan fingerprint density at radius 2 is 2.00 bits per heavy atom. The molecular formula is C16H30ClN3S. The van der Waals surface area contributed by atoms with Crippen molar-refractivity contribution in [2.75, 3.05) is 19.6 Å². The quantitative estimate of drug-likeness (QED) is 0.888. The van der Waals surface area contributed by atoms with Crippen molar-refractivity contribution >= 4 is 23.7 Å². The van der Waals surface area contributed by atoms with Gasteiger partial charge in [0.2, 0.25) is 0 Å². The molecule has 1 fully saturated rings. The summed E-state index contributed by atoms with van der Waals surface area (Å²) in [6.45, 7) is 13.5. The van der Waals surface area contributed by atoms with E-state index in [-0.39, 0.29) is 17.8 Å². The third-order valence-corrected chi connectivity index (χ3v) is 5.21. The molecule has 0 bridgehead atoms. The first-order valence-electron chi connectivity index (χ1n) is 7.90. The molecule has 0 amide bonds. The maximum atomic E-state index is 4.86. The van der Waals surface area contributed by atoms with Crippen molar-refractivity contribution in [2.45, 2.75) is 65.0 Å². The molecule has 2 rings (SSSR count). The van der Waals surface area contributed by atoms with Gasteiger partial charge in [-0.2, -0.15) is 0 Å². The summed E-state index contributed by atoms with van der Waals surface area (Å²) in [5.74, 6) is 0. The first kappa shape index (κ1) is 18.9. The highest BCUT2D eigenvalue weighted by Gasteiger charge is 2.23. The molecule has 5 heteroatoms. The number of halogens is 1. The van der Waals surface area contributed by atoms with Gasteiger partial charge in [0, 0.05) is 23.4 Å². The zero-order valence-electron chi connectivity index (χ0n) is 13.8. The summed E-state index contributed by atoms with van der Waals surface area (Å²) in [4.78, 5) is 7.50. The Bertz CT molecular complexity index is 408. The van der Waals surface area contributed by atoms with Crippen LogP contribution in [0.4, 0.5) is 0 Å². The third-order valence-electron chi connectivity index (χ3n) is 3.89. The van der Waals surface area contributed by atoms with E-state index in [9.17, 15) is 0 Å². The van der Waals surface area contributed by atoms with E-state index in [1.807, 2.05) is 11.3 Å². The molecule has 1 aromatic heterocycles. The summed E-state index contributed by atoms with van der Waals surface area (Å²) in [6, 6.07) is 0.732. The Kier molecular flexibility index (Phi) is 7.62. The van der Waals surface area contributed by atoms with E-state index >= 15 is 0 Å². The number of nitrogens with one attached hydrogen (secondary N) is 1. The molecule has 1 saturated heterocycles. The van der Waals surface area contributed by atoms with Gasteiger partial charge in [-0.15, -0.1) is 23.7 Å². The minimum absolute atomic E-state index is 0. The van der Waals surface area contributed by atoms with Crippen LogP contribution in [-0.4, -0.2) is 35.6 Å². The molecule has 1 aliphatic heterocycles. The second-order valence-electron chi connectivity index (χ2n) is 6.85. The maximum absolute atomic E-state index is 4.86. The van der Waals surface area contributed by atoms with Gasteiger partial charge in [-0.3, -0.25) is 4.90 Å². The zero-order valence-corrected chi connectivity index (χ0v) is 15.4. The smallest absolute Gasteiger partial charge is 0.0982 e. The van der Waals surface area contributed by atoms with Gasteiger partial charge >= 0.3 is 0 Å². The Balaban J connectivity index is 0.00000220. The molecule has 0 saturated carbocycles. The van der Waals surface area contributed by atoms with E-state index in [0.717, 1.165) is 25.7 Å². The van der Waals surface area contributed by atoms with Crippen LogP contribution in [0.25, 0.3) is 0 Å². The summed E-state index contributed by atoms with van der Waals surface area (Å²) in [7, 11) is 0. The second kappa shape index (κ2) is 8.47. The molecule has 0 spiro atoms. The fourth-order valence-corrected chi connectivity index (χ4v) is 3.68. The largest absolute Gasteiger partial charge is 0.317 e. The molecule has 0 aromatic carbocycles. The van der Waals surface area contributed by atoms with Gasteiger partial charge in [-0.25, -0.2) is 4.98 Å². The molecule has 21 heavy (non-hydrogen) atoms. The first-order chi connectivity index (χ1) is 9.50. The lowest BCUT2D eigenvalue weighted by molar-refractivity contribution is 0.152. The van der Waals surface area contributed by atoms with Gasteiger partial charge in [0.05, 0.1) is 10.7 Å². The second-order valence-corrected chi connectivity index (χ2v) is 7.70. The van der Waals surface area contributed by atoms with Gasteiger partial charge in [0.15, 0.2) is 0 Å². The van der Waals surface area contributed by atoms with Crippen LogP contribution in [0.2, 0.25) is 0 Å². The molecule has 0 aliphatic carbocycles. The maximum Gasteiger partial charge on any atom is 0.0982 e. The van der Waals surface area contributed by atoms with Crippen molar-refractivity contribution < 1.29 is 0 Å². The summed E-state index contributed by atoms with van der Waals surface area (Å²) in [6.07, 6.45) is 3.77. The highest BCUT2D eigenvalue weighted by molar-refractivity contribution is 7.09. The van der Waals surface area contributed by atoms with Crippen LogP contribution in [0.15, 0.2) is 5.38 Å². The summed E-state index contributed by atoms with van der Waals surface area (Å²) in [5, 5.41) is 6.97. The molecule has 1 aromatic rings. The predicted octanol–water partition coefficient (Wildman–Crippen LogP) is 3.83. The van der Waals surface area contributed by atoms with Crippen molar-refractivity contribution in [3.63, 3.8) is 0 Å². The summed E-state index contributed by atoms with van der Waals surface area (Å²) in [5.41, 5.74) is 1.43. The zero-order chi connectivity index (χ0) is 14.6. The molecule has 3 nitrogen and oxygen atoms in total. The lowest BCUT2D eigenvalue weighted by Crippen LogP contribution is -2.43. The van der Waals surface area contributed by atoms with Gasteiger partial charge in [-0.05, 0) is 38.9 Å².